The number of benzene rings is 1. The van der Waals surface area contributed by atoms with Crippen LogP contribution in [0.2, 0.25) is 0 Å². The predicted molar refractivity (Wildman–Crippen MR) is 76.6 cm³/mol. The highest BCUT2D eigenvalue weighted by Gasteiger charge is 2.47. The average molecular weight is 306 g/mol. The van der Waals surface area contributed by atoms with Gasteiger partial charge in [-0.1, -0.05) is 23.3 Å². The third-order valence-electron chi connectivity index (χ3n) is 3.91. The predicted octanol–water partition coefficient (Wildman–Crippen LogP) is 0.921. The van der Waals surface area contributed by atoms with Gasteiger partial charge in [-0.3, -0.25) is 0 Å². The highest BCUT2D eigenvalue weighted by molar-refractivity contribution is 6.29. The maximum Gasteiger partial charge on any atom is 0.436 e. The Morgan fingerprint density at radius 3 is 2.82 bits per heavy atom. The standard InChI is InChI=1S/C15H18N2O5/c1-20-10-15(16-11-5-3-2-4-6-11)7-8-17-12(9-15)21-13(18)14(19)22-17/h2-6,12,16H,7-10H2,1H3. The number of ether oxygens (including phenoxy) is 2. The lowest BCUT2D eigenvalue weighted by atomic mass is 9.87. The first-order chi connectivity index (χ1) is 10.6. The van der Waals surface area contributed by atoms with E-state index in [1.165, 1.54) is 5.06 Å². The molecule has 0 spiro atoms. The van der Waals surface area contributed by atoms with E-state index >= 15 is 0 Å². The summed E-state index contributed by atoms with van der Waals surface area (Å²) in [6, 6.07) is 9.77. The van der Waals surface area contributed by atoms with Crippen LogP contribution in [-0.2, 0) is 23.9 Å². The SMILES string of the molecule is COCC1(Nc2ccccc2)CCN2OC(=O)C(=O)OC2C1. The molecule has 0 saturated carbocycles. The number of nitrogens with one attached hydrogen (secondary N) is 1. The first kappa shape index (κ1) is 14.8. The van der Waals surface area contributed by atoms with Crippen LogP contribution in [0.4, 0.5) is 5.69 Å². The van der Waals surface area contributed by atoms with Crippen molar-refractivity contribution in [3.8, 4) is 0 Å². The Morgan fingerprint density at radius 1 is 1.32 bits per heavy atom. The molecule has 0 bridgehead atoms. The van der Waals surface area contributed by atoms with Gasteiger partial charge in [0.25, 0.3) is 0 Å². The Balaban J connectivity index is 1.77. The molecule has 1 aromatic carbocycles. The fraction of sp³-hybridized carbons (Fsp3) is 0.467. The highest BCUT2D eigenvalue weighted by atomic mass is 16.8. The molecule has 7 heteroatoms. The summed E-state index contributed by atoms with van der Waals surface area (Å²) >= 11 is 0. The number of hydroxylamine groups is 2. The van der Waals surface area contributed by atoms with Gasteiger partial charge in [-0.05, 0) is 18.6 Å². The number of carbonyl (C=O) groups excluding carboxylic acids is 2. The molecule has 1 aromatic rings. The number of fused-ring (bicyclic) bond motifs is 1. The van der Waals surface area contributed by atoms with Crippen molar-refractivity contribution in [3.63, 3.8) is 0 Å². The molecule has 2 unspecified atom stereocenters. The molecule has 0 aliphatic carbocycles. The van der Waals surface area contributed by atoms with Crippen molar-refractivity contribution in [2.45, 2.75) is 24.6 Å². The molecule has 2 heterocycles. The van der Waals surface area contributed by atoms with Crippen molar-refractivity contribution >= 4 is 17.6 Å². The van der Waals surface area contributed by atoms with Gasteiger partial charge in [0, 0.05) is 25.8 Å². The molecule has 22 heavy (non-hydrogen) atoms. The maximum atomic E-state index is 11.4. The van der Waals surface area contributed by atoms with Crippen LogP contribution in [0.25, 0.3) is 0 Å². The molecule has 118 valence electrons. The van der Waals surface area contributed by atoms with Crippen LogP contribution in [-0.4, -0.2) is 49.0 Å². The van der Waals surface area contributed by atoms with E-state index in [1.54, 1.807) is 7.11 Å². The smallest absolute Gasteiger partial charge is 0.435 e. The summed E-state index contributed by atoms with van der Waals surface area (Å²) < 4.78 is 10.5. The largest absolute Gasteiger partial charge is 0.436 e. The Morgan fingerprint density at radius 2 is 2.09 bits per heavy atom. The van der Waals surface area contributed by atoms with Crippen LogP contribution in [0.15, 0.2) is 30.3 Å². The second-order valence-electron chi connectivity index (χ2n) is 5.54. The molecule has 3 rings (SSSR count). The second-order valence-corrected chi connectivity index (χ2v) is 5.54. The third kappa shape index (κ3) is 2.90. The van der Waals surface area contributed by atoms with Gasteiger partial charge < -0.3 is 19.6 Å². The second kappa shape index (κ2) is 5.94. The van der Waals surface area contributed by atoms with Crippen LogP contribution in [0.3, 0.4) is 0 Å². The normalized spacial score (nSPS) is 28.5. The zero-order chi connectivity index (χ0) is 15.6. The van der Waals surface area contributed by atoms with Crippen LogP contribution in [0.5, 0.6) is 0 Å². The van der Waals surface area contributed by atoms with E-state index in [2.05, 4.69) is 5.32 Å². The number of hydrogen-bond acceptors (Lipinski definition) is 7. The molecule has 0 amide bonds. The molecule has 2 atom stereocenters. The summed E-state index contributed by atoms with van der Waals surface area (Å²) in [5.74, 6) is -1.92. The lowest BCUT2D eigenvalue weighted by Crippen LogP contribution is -2.60. The number of methoxy groups -OCH3 is 1. The van der Waals surface area contributed by atoms with E-state index < -0.39 is 18.2 Å². The van der Waals surface area contributed by atoms with E-state index in [4.69, 9.17) is 14.3 Å². The summed E-state index contributed by atoms with van der Waals surface area (Å²) in [4.78, 5) is 27.6. The van der Waals surface area contributed by atoms with E-state index in [9.17, 15) is 9.59 Å². The number of hydrogen-bond donors (Lipinski definition) is 1. The molecule has 7 nitrogen and oxygen atoms in total. The number of anilines is 1. The fourth-order valence-corrected chi connectivity index (χ4v) is 2.91. The molecule has 0 aromatic heterocycles. The molecule has 2 fully saturated rings. The average Bonchev–Trinajstić information content (AvgIpc) is 2.50. The highest BCUT2D eigenvalue weighted by Crippen LogP contribution is 2.33. The zero-order valence-corrected chi connectivity index (χ0v) is 12.3. The molecule has 2 saturated heterocycles. The van der Waals surface area contributed by atoms with E-state index in [0.29, 0.717) is 26.0 Å². The van der Waals surface area contributed by atoms with Gasteiger partial charge in [0.2, 0.25) is 0 Å². The van der Waals surface area contributed by atoms with E-state index in [-0.39, 0.29) is 5.54 Å². The number of para-hydroxylation sites is 1. The van der Waals surface area contributed by atoms with Crippen LogP contribution in [0.1, 0.15) is 12.8 Å². The minimum atomic E-state index is -0.966. The summed E-state index contributed by atoms with van der Waals surface area (Å²) in [6.45, 7) is 0.921. The lowest BCUT2D eigenvalue weighted by molar-refractivity contribution is -0.279. The van der Waals surface area contributed by atoms with Crippen molar-refractivity contribution < 1.29 is 23.9 Å². The Hall–Kier alpha value is -2.12. The van der Waals surface area contributed by atoms with Crippen molar-refractivity contribution in [1.82, 2.24) is 5.06 Å². The molecule has 1 N–H and O–H groups in total. The van der Waals surface area contributed by atoms with Crippen LogP contribution in [0, 0.1) is 0 Å². The topological polar surface area (TPSA) is 77.1 Å². The van der Waals surface area contributed by atoms with Gasteiger partial charge in [0.05, 0.1) is 12.1 Å². The van der Waals surface area contributed by atoms with Gasteiger partial charge in [-0.15, -0.1) is 0 Å². The summed E-state index contributed by atoms with van der Waals surface area (Å²) in [6.07, 6.45) is 0.566. The van der Waals surface area contributed by atoms with Crippen LogP contribution >= 0.6 is 0 Å². The Kier molecular flexibility index (Phi) is 4.00. The fourth-order valence-electron chi connectivity index (χ4n) is 2.91. The summed E-state index contributed by atoms with van der Waals surface area (Å²) in [7, 11) is 1.63. The van der Waals surface area contributed by atoms with E-state index in [0.717, 1.165) is 5.69 Å². The van der Waals surface area contributed by atoms with Crippen molar-refractivity contribution in [1.29, 1.82) is 0 Å². The number of piperidine rings is 1. The number of carbonyl (C=O) groups is 2. The van der Waals surface area contributed by atoms with Gasteiger partial charge >= 0.3 is 11.9 Å². The molecular formula is C15H18N2O5. The number of nitrogens with zero attached hydrogens (tertiary/aromatic N) is 1. The monoisotopic (exact) mass is 306 g/mol. The van der Waals surface area contributed by atoms with Crippen LogP contribution < -0.4 is 5.32 Å². The van der Waals surface area contributed by atoms with Gasteiger partial charge in [0.15, 0.2) is 6.23 Å². The van der Waals surface area contributed by atoms with Gasteiger partial charge in [0.1, 0.15) is 0 Å². The zero-order valence-electron chi connectivity index (χ0n) is 12.3. The molecule has 2 aliphatic heterocycles. The van der Waals surface area contributed by atoms with Crippen molar-refractivity contribution in [2.75, 3.05) is 25.6 Å². The Bertz CT molecular complexity index is 564. The maximum absolute atomic E-state index is 11.4. The lowest BCUT2D eigenvalue weighted by Gasteiger charge is -2.46. The molecular weight excluding hydrogens is 288 g/mol. The molecule has 0 radical (unpaired) electrons. The third-order valence-corrected chi connectivity index (χ3v) is 3.91. The van der Waals surface area contributed by atoms with Crippen molar-refractivity contribution in [3.05, 3.63) is 30.3 Å². The minimum Gasteiger partial charge on any atom is -0.435 e. The van der Waals surface area contributed by atoms with Crippen molar-refractivity contribution in [2.24, 2.45) is 0 Å². The van der Waals surface area contributed by atoms with Gasteiger partial charge in [-0.25, -0.2) is 9.59 Å². The number of rotatable bonds is 4. The first-order valence-corrected chi connectivity index (χ1v) is 7.14. The van der Waals surface area contributed by atoms with E-state index in [1.807, 2.05) is 30.3 Å². The minimum absolute atomic E-state index is 0.388. The quantitative estimate of drug-likeness (QED) is 0.654. The summed E-state index contributed by atoms with van der Waals surface area (Å²) in [5.41, 5.74) is 0.577. The van der Waals surface area contributed by atoms with Gasteiger partial charge in [-0.2, -0.15) is 0 Å². The molecule has 2 aliphatic rings. The Labute approximate surface area is 128 Å². The number of esters is 1. The first-order valence-electron chi connectivity index (χ1n) is 7.14. The summed E-state index contributed by atoms with van der Waals surface area (Å²) in [5, 5.41) is 4.89.